The summed E-state index contributed by atoms with van der Waals surface area (Å²) in [6.07, 6.45) is 1.33. The summed E-state index contributed by atoms with van der Waals surface area (Å²) in [4.78, 5) is 39.5. The predicted molar refractivity (Wildman–Crippen MR) is 145 cm³/mol. The number of hydrogen-bond donors (Lipinski definition) is 2. The van der Waals surface area contributed by atoms with E-state index < -0.39 is 17.9 Å². The molecule has 1 fully saturated rings. The van der Waals surface area contributed by atoms with E-state index in [-0.39, 0.29) is 24.8 Å². The Kier molecular flexibility index (Phi) is 8.75. The van der Waals surface area contributed by atoms with Gasteiger partial charge in [0.1, 0.15) is 6.04 Å². The standard InChI is InChI=1S/C28H25Cl3N2O4/c29-20-11-12-21(24(31)15-20)18-9-7-17(8-10-18)14-25(28(36)37)32-26(34)19-4-3-13-33(16-19)27(35)22-5-1-2-6-23(22)30/h1-2,5-12,15,19,25H,3-4,13-14,16H2,(H,32,34)(H,36,37). The lowest BCUT2D eigenvalue weighted by Crippen LogP contribution is -2.50. The quantitative estimate of drug-likeness (QED) is 0.373. The van der Waals surface area contributed by atoms with E-state index in [1.165, 1.54) is 0 Å². The lowest BCUT2D eigenvalue weighted by Gasteiger charge is -2.33. The smallest absolute Gasteiger partial charge is 0.326 e. The molecule has 3 aromatic rings. The molecule has 1 aliphatic rings. The first-order chi connectivity index (χ1) is 17.7. The van der Waals surface area contributed by atoms with Gasteiger partial charge in [0.05, 0.1) is 16.5 Å². The number of amides is 2. The number of carbonyl (C=O) groups is 3. The molecule has 0 aromatic heterocycles. The van der Waals surface area contributed by atoms with Gasteiger partial charge in [0, 0.05) is 35.1 Å². The summed E-state index contributed by atoms with van der Waals surface area (Å²) in [6.45, 7) is 0.721. The van der Waals surface area contributed by atoms with Crippen molar-refractivity contribution in [1.82, 2.24) is 10.2 Å². The minimum atomic E-state index is -1.13. The van der Waals surface area contributed by atoms with Crippen molar-refractivity contribution in [2.45, 2.75) is 25.3 Å². The zero-order chi connectivity index (χ0) is 26.5. The normalized spacial score (nSPS) is 16.2. The highest BCUT2D eigenvalue weighted by molar-refractivity contribution is 6.36. The molecule has 4 rings (SSSR count). The van der Waals surface area contributed by atoms with Crippen LogP contribution < -0.4 is 5.32 Å². The van der Waals surface area contributed by atoms with E-state index in [0.29, 0.717) is 40.0 Å². The fourth-order valence-electron chi connectivity index (χ4n) is 4.45. The van der Waals surface area contributed by atoms with Crippen molar-refractivity contribution in [2.75, 3.05) is 13.1 Å². The third-order valence-electron chi connectivity index (χ3n) is 6.43. The number of carbonyl (C=O) groups excluding carboxylic acids is 2. The van der Waals surface area contributed by atoms with E-state index in [1.54, 1.807) is 41.3 Å². The maximum absolute atomic E-state index is 13.0. The Balaban J connectivity index is 1.40. The zero-order valence-corrected chi connectivity index (χ0v) is 22.1. The van der Waals surface area contributed by atoms with Crippen LogP contribution in [0.15, 0.2) is 66.7 Å². The Bertz CT molecular complexity index is 1310. The Morgan fingerprint density at radius 3 is 2.38 bits per heavy atom. The first-order valence-corrected chi connectivity index (χ1v) is 13.0. The average Bonchev–Trinajstić information content (AvgIpc) is 2.89. The van der Waals surface area contributed by atoms with Crippen LogP contribution in [-0.2, 0) is 16.0 Å². The molecule has 3 aromatic carbocycles. The number of aliphatic carboxylic acids is 1. The van der Waals surface area contributed by atoms with Crippen molar-refractivity contribution in [3.8, 4) is 11.1 Å². The Morgan fingerprint density at radius 2 is 1.70 bits per heavy atom. The van der Waals surface area contributed by atoms with Crippen LogP contribution in [0.3, 0.4) is 0 Å². The number of likely N-dealkylation sites (tertiary alicyclic amines) is 1. The SMILES string of the molecule is O=C(NC(Cc1ccc(-c2ccc(Cl)cc2Cl)cc1)C(=O)O)C1CCCN(C(=O)c2ccccc2Cl)C1. The number of hydrogen-bond acceptors (Lipinski definition) is 3. The number of piperidine rings is 1. The highest BCUT2D eigenvalue weighted by atomic mass is 35.5. The fraction of sp³-hybridized carbons (Fsp3) is 0.250. The molecule has 2 amide bonds. The Morgan fingerprint density at radius 1 is 0.973 bits per heavy atom. The van der Waals surface area contributed by atoms with Gasteiger partial charge in [-0.1, -0.05) is 77.3 Å². The number of carboxylic acids is 1. The van der Waals surface area contributed by atoms with Crippen molar-refractivity contribution in [3.05, 3.63) is 92.9 Å². The fourth-order valence-corrected chi connectivity index (χ4v) is 5.18. The molecule has 0 aliphatic carbocycles. The molecule has 9 heteroatoms. The molecule has 192 valence electrons. The highest BCUT2D eigenvalue weighted by Gasteiger charge is 2.32. The molecule has 0 radical (unpaired) electrons. The van der Waals surface area contributed by atoms with Gasteiger partial charge in [-0.05, 0) is 48.2 Å². The van der Waals surface area contributed by atoms with Crippen molar-refractivity contribution in [3.63, 3.8) is 0 Å². The summed E-state index contributed by atoms with van der Waals surface area (Å²) < 4.78 is 0. The van der Waals surface area contributed by atoms with Crippen molar-refractivity contribution in [2.24, 2.45) is 5.92 Å². The third kappa shape index (κ3) is 6.63. The van der Waals surface area contributed by atoms with E-state index in [2.05, 4.69) is 5.32 Å². The molecule has 37 heavy (non-hydrogen) atoms. The Labute approximate surface area is 230 Å². The molecule has 2 atom stereocenters. The summed E-state index contributed by atoms with van der Waals surface area (Å²) in [7, 11) is 0. The minimum absolute atomic E-state index is 0.116. The number of rotatable bonds is 7. The first-order valence-electron chi connectivity index (χ1n) is 11.8. The van der Waals surface area contributed by atoms with E-state index in [1.807, 2.05) is 30.3 Å². The van der Waals surface area contributed by atoms with E-state index >= 15 is 0 Å². The van der Waals surface area contributed by atoms with Gasteiger partial charge in [-0.3, -0.25) is 9.59 Å². The summed E-state index contributed by atoms with van der Waals surface area (Å²) in [5.41, 5.74) is 2.82. The van der Waals surface area contributed by atoms with Gasteiger partial charge in [0.15, 0.2) is 0 Å². The maximum Gasteiger partial charge on any atom is 0.326 e. The molecule has 6 nitrogen and oxygen atoms in total. The van der Waals surface area contributed by atoms with Crippen LogP contribution in [0, 0.1) is 5.92 Å². The molecular formula is C28H25Cl3N2O4. The summed E-state index contributed by atoms with van der Waals surface area (Å²) in [5.74, 6) is -2.25. The molecule has 0 bridgehead atoms. The van der Waals surface area contributed by atoms with E-state index in [0.717, 1.165) is 16.7 Å². The van der Waals surface area contributed by atoms with Crippen LogP contribution >= 0.6 is 34.8 Å². The van der Waals surface area contributed by atoms with Gasteiger partial charge in [-0.2, -0.15) is 0 Å². The Hall–Kier alpha value is -3.06. The molecular weight excluding hydrogens is 535 g/mol. The van der Waals surface area contributed by atoms with Crippen LogP contribution in [0.1, 0.15) is 28.8 Å². The summed E-state index contributed by atoms with van der Waals surface area (Å²) in [6, 6.07) is 18.3. The van der Waals surface area contributed by atoms with Gasteiger partial charge in [-0.25, -0.2) is 4.79 Å². The summed E-state index contributed by atoms with van der Waals surface area (Å²) >= 11 is 18.4. The van der Waals surface area contributed by atoms with E-state index in [9.17, 15) is 19.5 Å². The monoisotopic (exact) mass is 558 g/mol. The molecule has 0 saturated carbocycles. The topological polar surface area (TPSA) is 86.7 Å². The second kappa shape index (κ2) is 12.0. The number of carboxylic acid groups (broad SMARTS) is 1. The van der Waals surface area contributed by atoms with Gasteiger partial charge < -0.3 is 15.3 Å². The zero-order valence-electron chi connectivity index (χ0n) is 19.8. The second-order valence-electron chi connectivity index (χ2n) is 8.99. The molecule has 1 heterocycles. The van der Waals surface area contributed by atoms with Gasteiger partial charge >= 0.3 is 5.97 Å². The van der Waals surface area contributed by atoms with Crippen LogP contribution in [0.25, 0.3) is 11.1 Å². The number of halogens is 3. The van der Waals surface area contributed by atoms with E-state index in [4.69, 9.17) is 34.8 Å². The molecule has 1 saturated heterocycles. The van der Waals surface area contributed by atoms with Crippen molar-refractivity contribution >= 4 is 52.6 Å². The lowest BCUT2D eigenvalue weighted by molar-refractivity contribution is -0.142. The van der Waals surface area contributed by atoms with Crippen LogP contribution in [0.5, 0.6) is 0 Å². The van der Waals surface area contributed by atoms with Crippen molar-refractivity contribution < 1.29 is 19.5 Å². The van der Waals surface area contributed by atoms with Gasteiger partial charge in [-0.15, -0.1) is 0 Å². The van der Waals surface area contributed by atoms with Crippen LogP contribution in [0.2, 0.25) is 15.1 Å². The van der Waals surface area contributed by atoms with Gasteiger partial charge in [0.2, 0.25) is 5.91 Å². The molecule has 1 aliphatic heterocycles. The first kappa shape index (κ1) is 27.0. The third-order valence-corrected chi connectivity index (χ3v) is 7.31. The number of benzene rings is 3. The van der Waals surface area contributed by atoms with Crippen molar-refractivity contribution in [1.29, 1.82) is 0 Å². The van der Waals surface area contributed by atoms with Gasteiger partial charge in [0.25, 0.3) is 5.91 Å². The highest BCUT2D eigenvalue weighted by Crippen LogP contribution is 2.30. The molecule has 2 unspecified atom stereocenters. The van der Waals surface area contributed by atoms with Crippen LogP contribution in [-0.4, -0.2) is 46.9 Å². The maximum atomic E-state index is 13.0. The second-order valence-corrected chi connectivity index (χ2v) is 10.2. The van der Waals surface area contributed by atoms with Crippen LogP contribution in [0.4, 0.5) is 0 Å². The summed E-state index contributed by atoms with van der Waals surface area (Å²) in [5, 5.41) is 13.9. The largest absolute Gasteiger partial charge is 0.480 e. The molecule has 0 spiro atoms. The number of nitrogens with zero attached hydrogens (tertiary/aromatic N) is 1. The average molecular weight is 560 g/mol. The minimum Gasteiger partial charge on any atom is -0.480 e. The number of nitrogens with one attached hydrogen (secondary N) is 1. The predicted octanol–water partition coefficient (Wildman–Crippen LogP) is 5.98. The molecule has 2 N–H and O–H groups in total. The lowest BCUT2D eigenvalue weighted by atomic mass is 9.95.